The van der Waals surface area contributed by atoms with E-state index in [9.17, 15) is 26.4 Å². The van der Waals surface area contributed by atoms with E-state index in [1.165, 1.54) is 36.4 Å². The van der Waals surface area contributed by atoms with Crippen LogP contribution in [0.5, 0.6) is 0 Å². The van der Waals surface area contributed by atoms with Crippen molar-refractivity contribution in [2.24, 2.45) is 0 Å². The summed E-state index contributed by atoms with van der Waals surface area (Å²) in [5, 5.41) is 2.25. The van der Waals surface area contributed by atoms with Gasteiger partial charge in [0.1, 0.15) is 0 Å². The van der Waals surface area contributed by atoms with E-state index in [1.807, 2.05) is 6.92 Å². The Bertz CT molecular complexity index is 939. The zero-order valence-corrected chi connectivity index (χ0v) is 15.8. The van der Waals surface area contributed by atoms with Crippen molar-refractivity contribution in [2.75, 3.05) is 13.1 Å². The molecule has 9 heteroatoms. The van der Waals surface area contributed by atoms with Gasteiger partial charge in [-0.3, -0.25) is 4.79 Å². The number of carbonyl (C=O) groups excluding carboxylic acids is 1. The lowest BCUT2D eigenvalue weighted by Crippen LogP contribution is -2.34. The van der Waals surface area contributed by atoms with Crippen LogP contribution in [0.3, 0.4) is 0 Å². The van der Waals surface area contributed by atoms with Crippen LogP contribution < -0.4 is 10.0 Å². The van der Waals surface area contributed by atoms with Crippen molar-refractivity contribution in [1.29, 1.82) is 0 Å². The zero-order chi connectivity index (χ0) is 20.8. The smallest absolute Gasteiger partial charge is 0.351 e. The molecule has 0 aliphatic rings. The van der Waals surface area contributed by atoms with Crippen LogP contribution in [0.4, 0.5) is 13.2 Å². The molecule has 28 heavy (non-hydrogen) atoms. The van der Waals surface area contributed by atoms with E-state index in [-0.39, 0.29) is 23.5 Å². The molecule has 2 aromatic carbocycles. The molecule has 0 atom stereocenters. The minimum absolute atomic E-state index is 0.0627. The van der Waals surface area contributed by atoms with E-state index in [1.54, 1.807) is 18.2 Å². The Balaban J connectivity index is 1.96. The van der Waals surface area contributed by atoms with Gasteiger partial charge in [-0.25, -0.2) is 13.1 Å². The van der Waals surface area contributed by atoms with Gasteiger partial charge in [0.2, 0.25) is 15.9 Å². The number of amides is 1. The molecule has 0 aliphatic carbocycles. The number of carbonyl (C=O) groups is 1. The van der Waals surface area contributed by atoms with E-state index < -0.39 is 27.7 Å². The highest BCUT2D eigenvalue weighted by molar-refractivity contribution is 7.89. The standard InChI is InChI=1S/C19H19F3N2O3S/c1-14-7-9-16(10-8-14)28(26,27)24-12-11-23-18(25)13-17(19(20,21)22)15-5-3-2-4-6-15/h2-10,13,24H,11-12H2,1H3,(H,23,25)/b17-13-. The Morgan fingerprint density at radius 2 is 1.61 bits per heavy atom. The highest BCUT2D eigenvalue weighted by atomic mass is 32.2. The summed E-state index contributed by atoms with van der Waals surface area (Å²) < 4.78 is 66.0. The number of sulfonamides is 1. The number of halogens is 3. The Hall–Kier alpha value is -2.65. The maximum Gasteiger partial charge on any atom is 0.417 e. The van der Waals surface area contributed by atoms with Gasteiger partial charge in [-0.05, 0) is 24.6 Å². The van der Waals surface area contributed by atoms with Crippen molar-refractivity contribution in [1.82, 2.24) is 10.0 Å². The Labute approximate surface area is 161 Å². The van der Waals surface area contributed by atoms with Crippen molar-refractivity contribution in [3.63, 3.8) is 0 Å². The quantitative estimate of drug-likeness (QED) is 0.542. The maximum absolute atomic E-state index is 13.2. The van der Waals surface area contributed by atoms with Gasteiger partial charge in [0.05, 0.1) is 10.5 Å². The fourth-order valence-corrected chi connectivity index (χ4v) is 3.33. The number of rotatable bonds is 7. The third-order valence-electron chi connectivity index (χ3n) is 3.71. The van der Waals surface area contributed by atoms with Gasteiger partial charge < -0.3 is 5.32 Å². The van der Waals surface area contributed by atoms with Crippen LogP contribution in [0.2, 0.25) is 0 Å². The van der Waals surface area contributed by atoms with Crippen LogP contribution >= 0.6 is 0 Å². The number of hydrogen-bond acceptors (Lipinski definition) is 3. The van der Waals surface area contributed by atoms with E-state index >= 15 is 0 Å². The highest BCUT2D eigenvalue weighted by Gasteiger charge is 2.35. The van der Waals surface area contributed by atoms with E-state index in [0.29, 0.717) is 6.08 Å². The lowest BCUT2D eigenvalue weighted by Gasteiger charge is -2.12. The van der Waals surface area contributed by atoms with Crippen molar-refractivity contribution in [2.45, 2.75) is 18.0 Å². The second-order valence-corrected chi connectivity index (χ2v) is 7.69. The van der Waals surface area contributed by atoms with Crippen LogP contribution in [0.25, 0.3) is 5.57 Å². The predicted octanol–water partition coefficient (Wildman–Crippen LogP) is 3.04. The Kier molecular flexibility index (Phi) is 6.98. The van der Waals surface area contributed by atoms with Crippen molar-refractivity contribution in [3.05, 3.63) is 71.8 Å². The largest absolute Gasteiger partial charge is 0.417 e. The van der Waals surface area contributed by atoms with Crippen LogP contribution in [0.15, 0.2) is 65.6 Å². The lowest BCUT2D eigenvalue weighted by molar-refractivity contribution is -0.116. The van der Waals surface area contributed by atoms with Crippen LogP contribution in [-0.2, 0) is 14.8 Å². The summed E-state index contributed by atoms with van der Waals surface area (Å²) in [5.74, 6) is -0.967. The Morgan fingerprint density at radius 3 is 2.18 bits per heavy atom. The average molecular weight is 412 g/mol. The van der Waals surface area contributed by atoms with Gasteiger partial charge in [-0.1, -0.05) is 48.0 Å². The molecule has 0 aromatic heterocycles. The van der Waals surface area contributed by atoms with Crippen molar-refractivity contribution < 1.29 is 26.4 Å². The average Bonchev–Trinajstić information content (AvgIpc) is 2.63. The van der Waals surface area contributed by atoms with Crippen LogP contribution in [-0.4, -0.2) is 33.6 Å². The SMILES string of the molecule is Cc1ccc(S(=O)(=O)NCCNC(=O)/C=C(/c2ccccc2)C(F)(F)F)cc1. The minimum Gasteiger partial charge on any atom is -0.351 e. The molecule has 150 valence electrons. The monoisotopic (exact) mass is 412 g/mol. The molecule has 0 saturated heterocycles. The first-order chi connectivity index (χ1) is 13.1. The van der Waals surface area contributed by atoms with E-state index in [4.69, 9.17) is 0 Å². The summed E-state index contributed by atoms with van der Waals surface area (Å²) in [6.45, 7) is 1.49. The fraction of sp³-hybridized carbons (Fsp3) is 0.211. The molecule has 2 rings (SSSR count). The second-order valence-electron chi connectivity index (χ2n) is 5.92. The normalized spacial score (nSPS) is 12.6. The third kappa shape index (κ3) is 6.21. The van der Waals surface area contributed by atoms with Crippen LogP contribution in [0, 0.1) is 6.92 Å². The summed E-state index contributed by atoms with van der Waals surface area (Å²) in [5.41, 5.74) is -0.312. The van der Waals surface area contributed by atoms with E-state index in [0.717, 1.165) is 5.56 Å². The molecule has 2 aromatic rings. The third-order valence-corrected chi connectivity index (χ3v) is 5.19. The molecule has 0 heterocycles. The fourth-order valence-electron chi connectivity index (χ4n) is 2.30. The zero-order valence-electron chi connectivity index (χ0n) is 15.0. The molecule has 0 unspecified atom stereocenters. The molecule has 1 amide bonds. The van der Waals surface area contributed by atoms with Gasteiger partial charge >= 0.3 is 6.18 Å². The minimum atomic E-state index is -4.70. The molecule has 0 spiro atoms. The maximum atomic E-state index is 13.2. The predicted molar refractivity (Wildman–Crippen MR) is 99.9 cm³/mol. The number of hydrogen-bond donors (Lipinski definition) is 2. The number of allylic oxidation sites excluding steroid dienone is 1. The number of aryl methyl sites for hydroxylation is 1. The molecule has 5 nitrogen and oxygen atoms in total. The molecule has 0 radical (unpaired) electrons. The molecule has 0 aliphatic heterocycles. The Morgan fingerprint density at radius 1 is 1.00 bits per heavy atom. The summed E-state index contributed by atoms with van der Waals surface area (Å²) in [7, 11) is -3.76. The van der Waals surface area contributed by atoms with Crippen LogP contribution in [0.1, 0.15) is 11.1 Å². The number of alkyl halides is 3. The second kappa shape index (κ2) is 9.03. The molecule has 2 N–H and O–H groups in total. The summed E-state index contributed by atoms with van der Waals surface area (Å²) in [6.07, 6.45) is -4.24. The number of nitrogens with one attached hydrogen (secondary N) is 2. The van der Waals surface area contributed by atoms with Gasteiger partial charge in [0.15, 0.2) is 0 Å². The first kappa shape index (κ1) is 21.6. The molecular weight excluding hydrogens is 393 g/mol. The molecule has 0 fully saturated rings. The van der Waals surface area contributed by atoms with Gasteiger partial charge in [0.25, 0.3) is 0 Å². The lowest BCUT2D eigenvalue weighted by atomic mass is 10.1. The van der Waals surface area contributed by atoms with E-state index in [2.05, 4.69) is 10.0 Å². The van der Waals surface area contributed by atoms with Crippen molar-refractivity contribution >= 4 is 21.5 Å². The summed E-state index contributed by atoms with van der Waals surface area (Å²) >= 11 is 0. The summed E-state index contributed by atoms with van der Waals surface area (Å²) in [6, 6.07) is 13.1. The molecule has 0 bridgehead atoms. The van der Waals surface area contributed by atoms with Gasteiger partial charge in [-0.15, -0.1) is 0 Å². The topological polar surface area (TPSA) is 75.3 Å². The highest BCUT2D eigenvalue weighted by Crippen LogP contribution is 2.33. The molecule has 0 saturated carbocycles. The van der Waals surface area contributed by atoms with Gasteiger partial charge in [-0.2, -0.15) is 13.2 Å². The summed E-state index contributed by atoms with van der Waals surface area (Å²) in [4.78, 5) is 11.9. The van der Waals surface area contributed by atoms with Crippen molar-refractivity contribution in [3.8, 4) is 0 Å². The number of benzene rings is 2. The first-order valence-corrected chi connectivity index (χ1v) is 9.76. The van der Waals surface area contributed by atoms with Gasteiger partial charge in [0, 0.05) is 19.2 Å². The first-order valence-electron chi connectivity index (χ1n) is 8.28. The molecular formula is C19H19F3N2O3S.